The zero-order valence-electron chi connectivity index (χ0n) is 19.1. The van der Waals surface area contributed by atoms with E-state index in [0.29, 0.717) is 5.69 Å². The minimum atomic E-state index is -4.57. The highest BCUT2D eigenvalue weighted by Gasteiger charge is 2.41. The highest BCUT2D eigenvalue weighted by Crippen LogP contribution is 2.43. The molecule has 1 atom stereocenters. The molecule has 0 radical (unpaired) electrons. The Morgan fingerprint density at radius 3 is 2.32 bits per heavy atom. The van der Waals surface area contributed by atoms with Crippen LogP contribution < -0.4 is 10.2 Å². The van der Waals surface area contributed by atoms with Gasteiger partial charge in [-0.1, -0.05) is 71.9 Å². The number of thioether (sulfide) groups is 1. The van der Waals surface area contributed by atoms with Gasteiger partial charge in [-0.25, -0.2) is 0 Å². The number of hydrogen-bond acceptors (Lipinski definition) is 4. The first kappa shape index (κ1) is 26.3. The van der Waals surface area contributed by atoms with Crippen LogP contribution in [0.25, 0.3) is 0 Å². The number of halogens is 4. The standard InChI is InChI=1S/C27H19ClF3N3O2S/c28-22-12-11-19(27(29,30)31)13-18(22)14-23-25(36)34(20-9-5-2-6-10-20)26(37-23)21(15-32)24(35)33-16-17-7-3-1-4-8-17/h1-13,23H,14,16H2,(H,33,35)/b26-21-/t23-/m1/s1. The predicted molar refractivity (Wildman–Crippen MR) is 136 cm³/mol. The Bertz CT molecular complexity index is 1390. The van der Waals surface area contributed by atoms with Crippen LogP contribution in [0.3, 0.4) is 0 Å². The minimum absolute atomic E-state index is 0.0891. The number of para-hydroxylation sites is 1. The molecule has 188 valence electrons. The summed E-state index contributed by atoms with van der Waals surface area (Å²) in [4.78, 5) is 27.8. The molecule has 5 nitrogen and oxygen atoms in total. The second-order valence-electron chi connectivity index (χ2n) is 8.08. The van der Waals surface area contributed by atoms with Crippen molar-refractivity contribution in [3.05, 3.63) is 111 Å². The Balaban J connectivity index is 1.68. The topological polar surface area (TPSA) is 73.2 Å². The zero-order chi connectivity index (χ0) is 26.6. The van der Waals surface area contributed by atoms with Crippen molar-refractivity contribution in [3.8, 4) is 6.07 Å². The van der Waals surface area contributed by atoms with Crippen LogP contribution >= 0.6 is 23.4 Å². The lowest BCUT2D eigenvalue weighted by molar-refractivity contribution is -0.137. The van der Waals surface area contributed by atoms with Crippen LogP contribution in [0.15, 0.2) is 89.5 Å². The van der Waals surface area contributed by atoms with Gasteiger partial charge < -0.3 is 5.32 Å². The summed E-state index contributed by atoms with van der Waals surface area (Å²) < 4.78 is 39.8. The van der Waals surface area contributed by atoms with Gasteiger partial charge in [0.25, 0.3) is 5.91 Å². The third-order valence-electron chi connectivity index (χ3n) is 5.59. The Kier molecular flexibility index (Phi) is 7.91. The van der Waals surface area contributed by atoms with E-state index in [2.05, 4.69) is 5.32 Å². The molecule has 0 bridgehead atoms. The van der Waals surface area contributed by atoms with Crippen molar-refractivity contribution in [1.82, 2.24) is 5.32 Å². The second kappa shape index (κ2) is 11.1. The number of anilines is 1. The monoisotopic (exact) mass is 541 g/mol. The fraction of sp³-hybridized carbons (Fsp3) is 0.148. The Labute approximate surface area is 220 Å². The lowest BCUT2D eigenvalue weighted by atomic mass is 10.0. The Morgan fingerprint density at radius 1 is 1.05 bits per heavy atom. The first-order chi connectivity index (χ1) is 17.7. The molecule has 0 saturated carbocycles. The average molecular weight is 542 g/mol. The van der Waals surface area contributed by atoms with E-state index in [0.717, 1.165) is 35.5 Å². The fourth-order valence-corrected chi connectivity index (χ4v) is 5.26. The third kappa shape index (κ3) is 5.98. The summed E-state index contributed by atoms with van der Waals surface area (Å²) in [5.74, 6) is -1.14. The summed E-state index contributed by atoms with van der Waals surface area (Å²) >= 11 is 7.13. The first-order valence-corrected chi connectivity index (χ1v) is 12.3. The number of carbonyl (C=O) groups excluding carboxylic acids is 2. The molecule has 0 aliphatic carbocycles. The number of nitrogens with zero attached hydrogens (tertiary/aromatic N) is 2. The number of alkyl halides is 3. The van der Waals surface area contributed by atoms with E-state index in [4.69, 9.17) is 11.6 Å². The van der Waals surface area contributed by atoms with E-state index in [1.165, 1.54) is 4.90 Å². The van der Waals surface area contributed by atoms with E-state index >= 15 is 0 Å². The SMILES string of the molecule is N#C/C(C(=O)NCc1ccccc1)=C1/S[C@H](Cc2cc(C(F)(F)F)ccc2Cl)C(=O)N1c1ccccc1. The number of rotatable bonds is 6. The smallest absolute Gasteiger partial charge is 0.347 e. The summed E-state index contributed by atoms with van der Waals surface area (Å²) in [5, 5.41) is 11.9. The molecule has 2 amide bonds. The zero-order valence-corrected chi connectivity index (χ0v) is 20.7. The van der Waals surface area contributed by atoms with Gasteiger partial charge in [-0.15, -0.1) is 0 Å². The molecular weight excluding hydrogens is 523 g/mol. The Morgan fingerprint density at radius 2 is 1.70 bits per heavy atom. The number of nitriles is 1. The van der Waals surface area contributed by atoms with Crippen LogP contribution in [0.5, 0.6) is 0 Å². The molecule has 10 heteroatoms. The first-order valence-electron chi connectivity index (χ1n) is 11.1. The van der Waals surface area contributed by atoms with E-state index in [1.54, 1.807) is 30.3 Å². The summed E-state index contributed by atoms with van der Waals surface area (Å²) in [7, 11) is 0. The molecule has 0 aromatic heterocycles. The van der Waals surface area contributed by atoms with Gasteiger partial charge in [-0.3, -0.25) is 14.5 Å². The molecule has 0 unspecified atom stereocenters. The average Bonchev–Trinajstić information content (AvgIpc) is 3.20. The van der Waals surface area contributed by atoms with E-state index < -0.39 is 28.8 Å². The highest BCUT2D eigenvalue weighted by atomic mass is 35.5. The van der Waals surface area contributed by atoms with Crippen LogP contribution in [-0.2, 0) is 28.7 Å². The quantitative estimate of drug-likeness (QED) is 0.302. The van der Waals surface area contributed by atoms with E-state index in [-0.39, 0.29) is 34.2 Å². The number of hydrogen-bond donors (Lipinski definition) is 1. The van der Waals surface area contributed by atoms with Gasteiger partial charge in [0.15, 0.2) is 0 Å². The molecule has 37 heavy (non-hydrogen) atoms. The van der Waals surface area contributed by atoms with Gasteiger partial charge in [-0.05, 0) is 47.9 Å². The molecule has 1 saturated heterocycles. The van der Waals surface area contributed by atoms with Crippen LogP contribution in [0.4, 0.5) is 18.9 Å². The van der Waals surface area contributed by atoms with E-state index in [1.807, 2.05) is 36.4 Å². The van der Waals surface area contributed by atoms with Crippen LogP contribution in [0, 0.1) is 11.3 Å². The van der Waals surface area contributed by atoms with Gasteiger partial charge in [0.2, 0.25) is 5.91 Å². The maximum absolute atomic E-state index is 13.5. The Hall–Kier alpha value is -3.74. The van der Waals surface area contributed by atoms with Crippen molar-refractivity contribution in [3.63, 3.8) is 0 Å². The molecule has 1 fully saturated rings. The lowest BCUT2D eigenvalue weighted by Gasteiger charge is -2.18. The number of nitrogens with one attached hydrogen (secondary N) is 1. The molecule has 1 aliphatic rings. The van der Waals surface area contributed by atoms with Crippen molar-refractivity contribution in [2.75, 3.05) is 4.90 Å². The van der Waals surface area contributed by atoms with Crippen LogP contribution in [-0.4, -0.2) is 17.1 Å². The normalized spacial score (nSPS) is 16.9. The summed E-state index contributed by atoms with van der Waals surface area (Å²) in [6.07, 6.45) is -4.69. The van der Waals surface area contributed by atoms with Crippen molar-refractivity contribution in [1.29, 1.82) is 5.26 Å². The number of carbonyl (C=O) groups is 2. The molecule has 1 N–H and O–H groups in total. The number of benzene rings is 3. The third-order valence-corrected chi connectivity index (χ3v) is 7.23. The van der Waals surface area contributed by atoms with Gasteiger partial charge in [0.05, 0.1) is 10.8 Å². The van der Waals surface area contributed by atoms with Gasteiger partial charge in [0.1, 0.15) is 16.7 Å². The summed E-state index contributed by atoms with van der Waals surface area (Å²) in [5.41, 5.74) is 0.247. The number of amides is 2. The highest BCUT2D eigenvalue weighted by molar-refractivity contribution is 8.05. The largest absolute Gasteiger partial charge is 0.416 e. The minimum Gasteiger partial charge on any atom is -0.347 e. The van der Waals surface area contributed by atoms with Crippen molar-refractivity contribution < 1.29 is 22.8 Å². The van der Waals surface area contributed by atoms with Crippen molar-refractivity contribution in [2.24, 2.45) is 0 Å². The molecule has 0 spiro atoms. The van der Waals surface area contributed by atoms with Gasteiger partial charge >= 0.3 is 6.18 Å². The maximum Gasteiger partial charge on any atom is 0.416 e. The molecule has 1 aliphatic heterocycles. The molecular formula is C27H19ClF3N3O2S. The lowest BCUT2D eigenvalue weighted by Crippen LogP contribution is -2.32. The van der Waals surface area contributed by atoms with Crippen LogP contribution in [0.2, 0.25) is 5.02 Å². The molecule has 4 rings (SSSR count). The van der Waals surface area contributed by atoms with E-state index in [9.17, 15) is 28.0 Å². The fourth-order valence-electron chi connectivity index (χ4n) is 3.77. The molecule has 3 aromatic carbocycles. The van der Waals surface area contributed by atoms with Crippen molar-refractivity contribution >= 4 is 40.9 Å². The van der Waals surface area contributed by atoms with Gasteiger partial charge in [0, 0.05) is 17.3 Å². The predicted octanol–water partition coefficient (Wildman–Crippen LogP) is 6.10. The van der Waals surface area contributed by atoms with Crippen molar-refractivity contribution in [2.45, 2.75) is 24.4 Å². The molecule has 1 heterocycles. The van der Waals surface area contributed by atoms with Crippen LogP contribution in [0.1, 0.15) is 16.7 Å². The summed E-state index contributed by atoms with van der Waals surface area (Å²) in [6.45, 7) is 0.172. The maximum atomic E-state index is 13.5. The van der Waals surface area contributed by atoms with Gasteiger partial charge in [-0.2, -0.15) is 18.4 Å². The summed E-state index contributed by atoms with van der Waals surface area (Å²) in [6, 6.07) is 22.4. The molecule has 3 aromatic rings. The second-order valence-corrected chi connectivity index (χ2v) is 9.68.